The van der Waals surface area contributed by atoms with E-state index in [0.29, 0.717) is 31.9 Å². The number of fused-ring (bicyclic) bond motifs is 1. The number of urea groups is 1. The van der Waals surface area contributed by atoms with Crippen molar-refractivity contribution in [1.29, 1.82) is 0 Å². The molecule has 1 heterocycles. The molecule has 0 spiro atoms. The molecule has 0 aromatic heterocycles. The Hall–Kier alpha value is -3.22. The Morgan fingerprint density at radius 1 is 1.17 bits per heavy atom. The lowest BCUT2D eigenvalue weighted by atomic mass is 9.94. The summed E-state index contributed by atoms with van der Waals surface area (Å²) in [5, 5.41) is 5.53. The topological polar surface area (TPSA) is 79.9 Å². The maximum atomic E-state index is 13.5. The van der Waals surface area contributed by atoms with Crippen molar-refractivity contribution in [1.82, 2.24) is 10.2 Å². The molecule has 2 aromatic rings. The van der Waals surface area contributed by atoms with E-state index in [2.05, 4.69) is 10.6 Å². The molecule has 158 valence electrons. The minimum Gasteiger partial charge on any atom is -0.497 e. The third-order valence-electron chi connectivity index (χ3n) is 5.72. The molecule has 2 aliphatic rings. The molecule has 4 rings (SSSR count). The molecule has 7 heteroatoms. The molecular formula is C23H27N3O4. The summed E-state index contributed by atoms with van der Waals surface area (Å²) in [5.41, 5.74) is 2.15. The molecule has 0 unspecified atom stereocenters. The third kappa shape index (κ3) is 3.92. The van der Waals surface area contributed by atoms with E-state index in [1.54, 1.807) is 7.11 Å². The number of methoxy groups -OCH3 is 1. The fourth-order valence-corrected chi connectivity index (χ4v) is 3.94. The van der Waals surface area contributed by atoms with Crippen molar-refractivity contribution in [3.8, 4) is 11.5 Å². The van der Waals surface area contributed by atoms with Crippen LogP contribution in [0.15, 0.2) is 42.5 Å². The second-order valence-electron chi connectivity index (χ2n) is 7.69. The molecule has 7 nitrogen and oxygen atoms in total. The number of ether oxygens (including phenoxy) is 2. The second kappa shape index (κ2) is 8.26. The van der Waals surface area contributed by atoms with Crippen LogP contribution in [0.25, 0.3) is 0 Å². The molecule has 0 bridgehead atoms. The van der Waals surface area contributed by atoms with Crippen molar-refractivity contribution in [3.05, 3.63) is 53.6 Å². The van der Waals surface area contributed by atoms with Crippen molar-refractivity contribution >= 4 is 17.6 Å². The lowest BCUT2D eigenvalue weighted by molar-refractivity contribution is -0.134. The van der Waals surface area contributed by atoms with Gasteiger partial charge in [-0.3, -0.25) is 4.79 Å². The number of amides is 3. The normalized spacial score (nSPS) is 16.5. The van der Waals surface area contributed by atoms with Crippen molar-refractivity contribution < 1.29 is 19.1 Å². The van der Waals surface area contributed by atoms with Gasteiger partial charge in [0.15, 0.2) is 0 Å². The fraction of sp³-hybridized carbons (Fsp3) is 0.391. The average Bonchev–Trinajstić information content (AvgIpc) is 3.58. The van der Waals surface area contributed by atoms with Crippen molar-refractivity contribution in [3.63, 3.8) is 0 Å². The van der Waals surface area contributed by atoms with Crippen LogP contribution in [-0.4, -0.2) is 43.6 Å². The molecule has 30 heavy (non-hydrogen) atoms. The minimum absolute atomic E-state index is 0.131. The Bertz CT molecular complexity index is 938. The van der Waals surface area contributed by atoms with E-state index in [4.69, 9.17) is 9.47 Å². The summed E-state index contributed by atoms with van der Waals surface area (Å²) in [5.74, 6) is 1.67. The van der Waals surface area contributed by atoms with Gasteiger partial charge in [0.1, 0.15) is 18.1 Å². The monoisotopic (exact) mass is 409 g/mol. The smallest absolute Gasteiger partial charge is 0.319 e. The number of rotatable bonds is 5. The number of nitrogens with one attached hydrogen (secondary N) is 2. The van der Waals surface area contributed by atoms with Crippen LogP contribution in [0, 0.1) is 0 Å². The summed E-state index contributed by atoms with van der Waals surface area (Å²) in [6.45, 7) is 3.85. The standard InChI is InChI=1S/C23H27N3O4/c1-3-24-22(28)25-18-6-9-20-16(14-18)15-26(12-13-30-20)21(27)23(10-11-23)17-4-7-19(29-2)8-5-17/h4-9,14H,3,10-13,15H2,1-2H3,(H2,24,25,28). The first kappa shape index (κ1) is 20.1. The maximum Gasteiger partial charge on any atom is 0.319 e. The van der Waals surface area contributed by atoms with Gasteiger partial charge >= 0.3 is 6.03 Å². The molecule has 0 atom stereocenters. The molecule has 1 aliphatic heterocycles. The highest BCUT2D eigenvalue weighted by Crippen LogP contribution is 2.50. The lowest BCUT2D eigenvalue weighted by Gasteiger charge is -2.26. The van der Waals surface area contributed by atoms with E-state index in [1.807, 2.05) is 54.3 Å². The first-order valence-electron chi connectivity index (χ1n) is 10.3. The van der Waals surface area contributed by atoms with Crippen LogP contribution in [0.3, 0.4) is 0 Å². The Labute approximate surface area is 176 Å². The molecular weight excluding hydrogens is 382 g/mol. The van der Waals surface area contributed by atoms with Gasteiger partial charge in [-0.15, -0.1) is 0 Å². The molecule has 2 N–H and O–H groups in total. The van der Waals surface area contributed by atoms with Crippen LogP contribution >= 0.6 is 0 Å². The van der Waals surface area contributed by atoms with Crippen molar-refractivity contribution in [2.24, 2.45) is 0 Å². The second-order valence-corrected chi connectivity index (χ2v) is 7.69. The van der Waals surface area contributed by atoms with Gasteiger partial charge in [0.25, 0.3) is 0 Å². The Kier molecular flexibility index (Phi) is 5.53. The summed E-state index contributed by atoms with van der Waals surface area (Å²) in [4.78, 5) is 27.2. The Balaban J connectivity index is 1.53. The molecule has 0 saturated heterocycles. The molecule has 2 aromatic carbocycles. The van der Waals surface area contributed by atoms with E-state index >= 15 is 0 Å². The number of nitrogens with zero attached hydrogens (tertiary/aromatic N) is 1. The molecule has 1 aliphatic carbocycles. The number of benzene rings is 2. The van der Waals surface area contributed by atoms with Crippen molar-refractivity contribution in [2.45, 2.75) is 31.7 Å². The maximum absolute atomic E-state index is 13.5. The lowest BCUT2D eigenvalue weighted by Crippen LogP contribution is -2.40. The molecule has 1 saturated carbocycles. The van der Waals surface area contributed by atoms with Crippen LogP contribution in [0.2, 0.25) is 0 Å². The van der Waals surface area contributed by atoms with E-state index in [0.717, 1.165) is 35.5 Å². The number of anilines is 1. The van der Waals surface area contributed by atoms with E-state index < -0.39 is 5.41 Å². The van der Waals surface area contributed by atoms with Gasteiger partial charge < -0.3 is 25.0 Å². The highest BCUT2D eigenvalue weighted by molar-refractivity contribution is 5.92. The van der Waals surface area contributed by atoms with Crippen LogP contribution in [-0.2, 0) is 16.8 Å². The molecule has 3 amide bonds. The summed E-state index contributed by atoms with van der Waals surface area (Å²) in [6.07, 6.45) is 1.70. The average molecular weight is 409 g/mol. The zero-order valence-electron chi connectivity index (χ0n) is 17.4. The van der Waals surface area contributed by atoms with Crippen LogP contribution < -0.4 is 20.1 Å². The van der Waals surface area contributed by atoms with Gasteiger partial charge in [-0.25, -0.2) is 4.79 Å². The number of carbonyl (C=O) groups is 2. The van der Waals surface area contributed by atoms with Gasteiger partial charge in [0.2, 0.25) is 5.91 Å². The zero-order valence-corrected chi connectivity index (χ0v) is 17.4. The highest BCUT2D eigenvalue weighted by Gasteiger charge is 2.53. The Morgan fingerprint density at radius 2 is 1.93 bits per heavy atom. The van der Waals surface area contributed by atoms with Crippen LogP contribution in [0.4, 0.5) is 10.5 Å². The minimum atomic E-state index is -0.451. The summed E-state index contributed by atoms with van der Waals surface area (Å²) < 4.78 is 11.1. The van der Waals surface area contributed by atoms with Gasteiger partial charge in [0.05, 0.1) is 19.1 Å². The number of hydrogen-bond donors (Lipinski definition) is 2. The summed E-state index contributed by atoms with van der Waals surface area (Å²) in [6, 6.07) is 13.1. The largest absolute Gasteiger partial charge is 0.497 e. The zero-order chi connectivity index (χ0) is 21.1. The van der Waals surface area contributed by atoms with Crippen LogP contribution in [0.5, 0.6) is 11.5 Å². The van der Waals surface area contributed by atoms with Gasteiger partial charge in [-0.05, 0) is 55.7 Å². The molecule has 1 fully saturated rings. The molecule has 0 radical (unpaired) electrons. The summed E-state index contributed by atoms with van der Waals surface area (Å²) in [7, 11) is 1.64. The van der Waals surface area contributed by atoms with Crippen LogP contribution in [0.1, 0.15) is 30.9 Å². The third-order valence-corrected chi connectivity index (χ3v) is 5.72. The van der Waals surface area contributed by atoms with E-state index in [9.17, 15) is 9.59 Å². The first-order chi connectivity index (χ1) is 14.6. The highest BCUT2D eigenvalue weighted by atomic mass is 16.5. The first-order valence-corrected chi connectivity index (χ1v) is 10.3. The Morgan fingerprint density at radius 3 is 2.60 bits per heavy atom. The quantitative estimate of drug-likeness (QED) is 0.794. The van der Waals surface area contributed by atoms with E-state index in [-0.39, 0.29) is 11.9 Å². The predicted octanol–water partition coefficient (Wildman–Crippen LogP) is 3.29. The SMILES string of the molecule is CCNC(=O)Nc1ccc2c(c1)CN(C(=O)C1(c3ccc(OC)cc3)CC1)CCO2. The number of hydrogen-bond acceptors (Lipinski definition) is 4. The van der Waals surface area contributed by atoms with Crippen molar-refractivity contribution in [2.75, 3.05) is 32.1 Å². The van der Waals surface area contributed by atoms with Gasteiger partial charge in [0, 0.05) is 24.3 Å². The predicted molar refractivity (Wildman–Crippen MR) is 114 cm³/mol. The van der Waals surface area contributed by atoms with Gasteiger partial charge in [-0.2, -0.15) is 0 Å². The van der Waals surface area contributed by atoms with Gasteiger partial charge in [-0.1, -0.05) is 12.1 Å². The summed E-state index contributed by atoms with van der Waals surface area (Å²) >= 11 is 0. The van der Waals surface area contributed by atoms with E-state index in [1.165, 1.54) is 0 Å². The number of carbonyl (C=O) groups excluding carboxylic acids is 2. The fourth-order valence-electron chi connectivity index (χ4n) is 3.94.